The fourth-order valence-corrected chi connectivity index (χ4v) is 9.07. The molecule has 298 valence electrons. The zero-order chi connectivity index (χ0) is 37.2. The molecule has 2 aliphatic heterocycles. The Bertz CT molecular complexity index is 1000. The third-order valence-corrected chi connectivity index (χ3v) is 12.5. The first kappa shape index (κ1) is 45.8. The van der Waals surface area contributed by atoms with Crippen LogP contribution in [0.1, 0.15) is 168 Å². The van der Waals surface area contributed by atoms with Gasteiger partial charge in [-0.3, -0.25) is 14.1 Å². The monoisotopic (exact) mass is 760 g/mol. The molecule has 0 saturated carbocycles. The van der Waals surface area contributed by atoms with E-state index in [1.54, 1.807) is 0 Å². The van der Waals surface area contributed by atoms with Crippen molar-refractivity contribution in [3.05, 3.63) is 0 Å². The van der Waals surface area contributed by atoms with Gasteiger partial charge in [0.25, 0.3) is 0 Å². The molecule has 0 aromatic carbocycles. The fourth-order valence-electron chi connectivity index (χ4n) is 7.18. The lowest BCUT2D eigenvalue weighted by Gasteiger charge is -2.16. The van der Waals surface area contributed by atoms with Gasteiger partial charge in [0.1, 0.15) is 0 Å². The van der Waals surface area contributed by atoms with Crippen LogP contribution in [0.15, 0.2) is 0 Å². The minimum atomic E-state index is -4.33. The summed E-state index contributed by atoms with van der Waals surface area (Å²) in [5.41, 5.74) is 0. The molecule has 2 saturated heterocycles. The summed E-state index contributed by atoms with van der Waals surface area (Å²) in [6, 6.07) is 0.442. The number of carbonyl (C=O) groups is 3. The Morgan fingerprint density at radius 1 is 0.725 bits per heavy atom. The summed E-state index contributed by atoms with van der Waals surface area (Å²) in [7, 11) is -4.33. The highest BCUT2D eigenvalue weighted by Gasteiger charge is 2.42. The number of phosphoric ester groups is 1. The third-order valence-electron chi connectivity index (χ3n) is 10.4. The standard InChI is InChI=1S/C38H73N4O7PS/c1-31(21-19-22-32(2)26-29-49-50(46,47)48)20-13-10-8-6-4-3-5-7-9-11-17-27-39-35(43)24-14-12-18-28-40-36(44)25-16-15-23-34-37-33(30-51-34)41-38(45)42-37/h31-34,37H,3-30H2,1-2H3,(H,39,43)(H,40,44)(H2,41,42,45)(H2,46,47,48). The number of amides is 4. The molecule has 0 aromatic rings. The summed E-state index contributed by atoms with van der Waals surface area (Å²) in [6.07, 6.45) is 26.3. The Hall–Kier alpha value is -1.33. The van der Waals surface area contributed by atoms with Crippen LogP contribution in [0.3, 0.4) is 0 Å². The van der Waals surface area contributed by atoms with Crippen molar-refractivity contribution in [1.29, 1.82) is 0 Å². The van der Waals surface area contributed by atoms with Gasteiger partial charge in [-0.25, -0.2) is 9.36 Å². The number of nitrogens with one attached hydrogen (secondary N) is 4. The van der Waals surface area contributed by atoms with Crippen molar-refractivity contribution in [2.75, 3.05) is 25.4 Å². The highest BCUT2D eigenvalue weighted by Crippen LogP contribution is 2.36. The van der Waals surface area contributed by atoms with Gasteiger partial charge in [0.2, 0.25) is 11.8 Å². The van der Waals surface area contributed by atoms with Gasteiger partial charge in [0.15, 0.2) is 0 Å². The van der Waals surface area contributed by atoms with Gasteiger partial charge in [0.05, 0.1) is 18.7 Å². The first-order valence-electron chi connectivity index (χ1n) is 20.5. The van der Waals surface area contributed by atoms with Crippen LogP contribution in [0.25, 0.3) is 0 Å². The molecule has 51 heavy (non-hydrogen) atoms. The number of phosphoric acid groups is 1. The molecule has 6 N–H and O–H groups in total. The number of fused-ring (bicyclic) bond motifs is 1. The molecular formula is C38H73N4O7PS. The van der Waals surface area contributed by atoms with Crippen molar-refractivity contribution in [2.45, 2.75) is 185 Å². The van der Waals surface area contributed by atoms with Crippen LogP contribution in [0.4, 0.5) is 4.79 Å². The molecule has 4 amide bonds. The number of urea groups is 1. The number of thioether (sulfide) groups is 1. The zero-order valence-corrected chi connectivity index (χ0v) is 33.7. The average molecular weight is 761 g/mol. The van der Waals surface area contributed by atoms with E-state index in [1.165, 1.54) is 83.5 Å². The molecule has 5 atom stereocenters. The second-order valence-corrected chi connectivity index (χ2v) is 17.8. The minimum absolute atomic E-state index is 0.0499. The lowest BCUT2D eigenvalue weighted by atomic mass is 9.93. The first-order valence-corrected chi connectivity index (χ1v) is 23.0. The maximum absolute atomic E-state index is 12.1. The van der Waals surface area contributed by atoms with Gasteiger partial charge in [0, 0.05) is 36.9 Å². The number of hydrogen-bond donors (Lipinski definition) is 6. The molecular weight excluding hydrogens is 687 g/mol. The molecule has 0 bridgehead atoms. The van der Waals surface area contributed by atoms with Crippen molar-refractivity contribution in [3.8, 4) is 0 Å². The van der Waals surface area contributed by atoms with E-state index in [4.69, 9.17) is 9.79 Å². The molecule has 2 fully saturated rings. The maximum Gasteiger partial charge on any atom is 0.469 e. The van der Waals surface area contributed by atoms with Crippen LogP contribution < -0.4 is 21.3 Å². The predicted octanol–water partition coefficient (Wildman–Crippen LogP) is 8.13. The molecule has 0 aromatic heterocycles. The van der Waals surface area contributed by atoms with Crippen LogP contribution in [0.5, 0.6) is 0 Å². The lowest BCUT2D eigenvalue weighted by Crippen LogP contribution is -2.36. The molecule has 0 radical (unpaired) electrons. The van der Waals surface area contributed by atoms with Crippen LogP contribution in [0.2, 0.25) is 0 Å². The average Bonchev–Trinajstić information content (AvgIpc) is 3.63. The Morgan fingerprint density at radius 2 is 1.22 bits per heavy atom. The number of unbranched alkanes of at least 4 members (excludes halogenated alkanes) is 13. The molecule has 11 nitrogen and oxygen atoms in total. The fraction of sp³-hybridized carbons (Fsp3) is 0.921. The summed E-state index contributed by atoms with van der Waals surface area (Å²) < 4.78 is 15.3. The van der Waals surface area contributed by atoms with E-state index in [0.717, 1.165) is 69.6 Å². The smallest absolute Gasteiger partial charge is 0.356 e. The first-order chi connectivity index (χ1) is 24.5. The SMILES string of the molecule is CC(CCCCCCCCCCCCCNC(=O)CCCCCNC(=O)CCCCC1SCC2NC(=O)NC21)CCCC(C)CCOP(=O)(O)O. The third kappa shape index (κ3) is 24.6. The summed E-state index contributed by atoms with van der Waals surface area (Å²) >= 11 is 1.92. The van der Waals surface area contributed by atoms with Gasteiger partial charge in [-0.2, -0.15) is 11.8 Å². The minimum Gasteiger partial charge on any atom is -0.356 e. The molecule has 5 unspecified atom stereocenters. The second kappa shape index (κ2) is 28.2. The van der Waals surface area contributed by atoms with E-state index in [0.29, 0.717) is 37.0 Å². The Balaban J connectivity index is 1.24. The molecule has 0 aliphatic carbocycles. The summed E-state index contributed by atoms with van der Waals surface area (Å²) in [6.45, 7) is 6.05. The molecule has 13 heteroatoms. The van der Waals surface area contributed by atoms with Crippen molar-refractivity contribution in [1.82, 2.24) is 21.3 Å². The Kier molecular flexibility index (Phi) is 25.3. The van der Waals surface area contributed by atoms with Crippen LogP contribution in [0, 0.1) is 11.8 Å². The highest BCUT2D eigenvalue weighted by atomic mass is 32.2. The van der Waals surface area contributed by atoms with Crippen LogP contribution in [-0.4, -0.2) is 70.4 Å². The lowest BCUT2D eigenvalue weighted by molar-refractivity contribution is -0.122. The van der Waals surface area contributed by atoms with Gasteiger partial charge >= 0.3 is 13.9 Å². The second-order valence-electron chi connectivity index (χ2n) is 15.3. The Morgan fingerprint density at radius 3 is 1.80 bits per heavy atom. The molecule has 2 aliphatic rings. The van der Waals surface area contributed by atoms with E-state index in [2.05, 4.69) is 39.6 Å². The van der Waals surface area contributed by atoms with Crippen molar-refractivity contribution in [3.63, 3.8) is 0 Å². The van der Waals surface area contributed by atoms with E-state index in [1.807, 2.05) is 11.8 Å². The van der Waals surface area contributed by atoms with E-state index in [9.17, 15) is 18.9 Å². The topological polar surface area (TPSA) is 166 Å². The highest BCUT2D eigenvalue weighted by molar-refractivity contribution is 8.00. The van der Waals surface area contributed by atoms with Crippen LogP contribution in [-0.2, 0) is 18.7 Å². The maximum atomic E-state index is 12.1. The summed E-state index contributed by atoms with van der Waals surface area (Å²) in [4.78, 5) is 53.3. The Labute approximate surface area is 313 Å². The van der Waals surface area contributed by atoms with Crippen LogP contribution >= 0.6 is 19.6 Å². The summed E-state index contributed by atoms with van der Waals surface area (Å²) in [5, 5.41) is 12.5. The predicted molar refractivity (Wildman–Crippen MR) is 209 cm³/mol. The van der Waals surface area contributed by atoms with E-state index < -0.39 is 7.82 Å². The van der Waals surface area contributed by atoms with Gasteiger partial charge in [-0.05, 0) is 50.4 Å². The number of hydrogen-bond acceptors (Lipinski definition) is 6. The van der Waals surface area contributed by atoms with Crippen molar-refractivity contribution in [2.24, 2.45) is 11.8 Å². The van der Waals surface area contributed by atoms with Gasteiger partial charge in [-0.15, -0.1) is 0 Å². The largest absolute Gasteiger partial charge is 0.469 e. The molecule has 2 heterocycles. The van der Waals surface area contributed by atoms with Crippen molar-refractivity contribution < 1.29 is 33.3 Å². The van der Waals surface area contributed by atoms with Gasteiger partial charge < -0.3 is 31.1 Å². The van der Waals surface area contributed by atoms with Crippen molar-refractivity contribution >= 4 is 37.4 Å². The van der Waals surface area contributed by atoms with E-state index >= 15 is 0 Å². The number of carbonyl (C=O) groups excluding carboxylic acids is 3. The zero-order valence-electron chi connectivity index (χ0n) is 32.0. The molecule has 0 spiro atoms. The van der Waals surface area contributed by atoms with E-state index in [-0.39, 0.29) is 36.5 Å². The normalized spacial score (nSPS) is 19.7. The summed E-state index contributed by atoms with van der Waals surface area (Å²) in [5.74, 6) is 2.40. The molecule has 2 rings (SSSR count). The quantitative estimate of drug-likeness (QED) is 0.0222. The number of rotatable bonds is 33. The van der Waals surface area contributed by atoms with Gasteiger partial charge in [-0.1, -0.05) is 117 Å².